The Hall–Kier alpha value is -1.40. The van der Waals surface area contributed by atoms with Crippen molar-refractivity contribution in [2.24, 2.45) is 0 Å². The van der Waals surface area contributed by atoms with E-state index in [1.54, 1.807) is 6.07 Å². The second-order valence-electron chi connectivity index (χ2n) is 3.58. The lowest BCUT2D eigenvalue weighted by Crippen LogP contribution is -2.30. The van der Waals surface area contributed by atoms with Crippen molar-refractivity contribution in [3.63, 3.8) is 0 Å². The maximum atomic E-state index is 13.4. The molecule has 1 unspecified atom stereocenters. The van der Waals surface area contributed by atoms with E-state index in [1.165, 1.54) is 6.07 Å². The van der Waals surface area contributed by atoms with E-state index in [0.717, 1.165) is 12.6 Å². The molecule has 1 N–H and O–H groups in total. The van der Waals surface area contributed by atoms with Crippen molar-refractivity contribution in [2.45, 2.75) is 25.8 Å². The highest BCUT2D eigenvalue weighted by atomic mass is 19.2. The van der Waals surface area contributed by atoms with Gasteiger partial charge < -0.3 is 5.32 Å². The number of benzene rings is 1. The highest BCUT2D eigenvalue weighted by Crippen LogP contribution is 2.14. The average Bonchev–Trinajstić information content (AvgIpc) is 2.25. The Morgan fingerprint density at radius 1 is 1.44 bits per heavy atom. The van der Waals surface area contributed by atoms with Gasteiger partial charge in [0.25, 0.3) is 0 Å². The summed E-state index contributed by atoms with van der Waals surface area (Å²) in [6, 6.07) is 4.19. The first-order valence-corrected chi connectivity index (χ1v) is 5.28. The Labute approximate surface area is 94.9 Å². The highest BCUT2D eigenvalue weighted by molar-refractivity contribution is 5.20. The molecule has 0 aliphatic heterocycles. The molecule has 1 nitrogen and oxygen atoms in total. The largest absolute Gasteiger partial charge is 0.313 e. The molecule has 86 valence electrons. The molecule has 0 saturated carbocycles. The minimum atomic E-state index is -0.812. The third-order valence-electron chi connectivity index (χ3n) is 2.35. The summed E-state index contributed by atoms with van der Waals surface area (Å²) in [6.45, 7) is 2.70. The van der Waals surface area contributed by atoms with Gasteiger partial charge in [-0.2, -0.15) is 0 Å². The lowest BCUT2D eigenvalue weighted by molar-refractivity contribution is 0.478. The summed E-state index contributed by atoms with van der Waals surface area (Å²) in [4.78, 5) is 0. The molecule has 0 radical (unpaired) electrons. The van der Waals surface area contributed by atoms with E-state index < -0.39 is 11.6 Å². The van der Waals surface area contributed by atoms with Gasteiger partial charge in [-0.05, 0) is 24.6 Å². The Balaban J connectivity index is 2.77. The number of hydrogen-bond acceptors (Lipinski definition) is 1. The van der Waals surface area contributed by atoms with Gasteiger partial charge in [-0.1, -0.05) is 19.1 Å². The van der Waals surface area contributed by atoms with Crippen molar-refractivity contribution < 1.29 is 8.78 Å². The van der Waals surface area contributed by atoms with Crippen LogP contribution in [0.25, 0.3) is 0 Å². The molecule has 3 heteroatoms. The standard InChI is InChI=1S/C13H15F2N/c1-3-6-11(16-4-2)9-10-7-5-8-12(14)13(10)15/h1,5,7-8,11,16H,4,6,9H2,2H3. The van der Waals surface area contributed by atoms with E-state index in [-0.39, 0.29) is 6.04 Å². The molecule has 0 amide bonds. The molecule has 1 atom stereocenters. The third-order valence-corrected chi connectivity index (χ3v) is 2.35. The van der Waals surface area contributed by atoms with Gasteiger partial charge in [0, 0.05) is 12.5 Å². The minimum absolute atomic E-state index is 0.00806. The molecule has 0 aliphatic carbocycles. The smallest absolute Gasteiger partial charge is 0.162 e. The van der Waals surface area contributed by atoms with Crippen LogP contribution < -0.4 is 5.32 Å². The van der Waals surface area contributed by atoms with Crippen LogP contribution in [0.4, 0.5) is 8.78 Å². The number of rotatable bonds is 5. The first kappa shape index (κ1) is 12.7. The van der Waals surface area contributed by atoms with Gasteiger partial charge in [-0.15, -0.1) is 12.3 Å². The lowest BCUT2D eigenvalue weighted by atomic mass is 10.0. The van der Waals surface area contributed by atoms with Crippen molar-refractivity contribution in [3.05, 3.63) is 35.4 Å². The maximum absolute atomic E-state index is 13.4. The fraction of sp³-hybridized carbons (Fsp3) is 0.385. The molecule has 0 saturated heterocycles. The molecular formula is C13H15F2N. The average molecular weight is 223 g/mol. The van der Waals surface area contributed by atoms with Crippen LogP contribution >= 0.6 is 0 Å². The number of likely N-dealkylation sites (N-methyl/N-ethyl adjacent to an activating group) is 1. The fourth-order valence-corrected chi connectivity index (χ4v) is 1.62. The zero-order chi connectivity index (χ0) is 12.0. The van der Waals surface area contributed by atoms with E-state index in [0.29, 0.717) is 18.4 Å². The van der Waals surface area contributed by atoms with Crippen LogP contribution in [0.2, 0.25) is 0 Å². The summed E-state index contributed by atoms with van der Waals surface area (Å²) in [6.07, 6.45) is 6.13. The van der Waals surface area contributed by atoms with Gasteiger partial charge >= 0.3 is 0 Å². The Morgan fingerprint density at radius 2 is 2.19 bits per heavy atom. The summed E-state index contributed by atoms with van der Waals surface area (Å²) in [7, 11) is 0. The van der Waals surface area contributed by atoms with E-state index in [4.69, 9.17) is 6.42 Å². The minimum Gasteiger partial charge on any atom is -0.313 e. The van der Waals surface area contributed by atoms with E-state index in [9.17, 15) is 8.78 Å². The van der Waals surface area contributed by atoms with E-state index >= 15 is 0 Å². The molecule has 0 heterocycles. The number of halogens is 2. The molecule has 1 aromatic carbocycles. The molecule has 16 heavy (non-hydrogen) atoms. The van der Waals surface area contributed by atoms with Crippen molar-refractivity contribution in [1.82, 2.24) is 5.32 Å². The van der Waals surface area contributed by atoms with Crippen LogP contribution in [0.3, 0.4) is 0 Å². The van der Waals surface area contributed by atoms with Crippen molar-refractivity contribution in [1.29, 1.82) is 0 Å². The van der Waals surface area contributed by atoms with Crippen LogP contribution in [0.5, 0.6) is 0 Å². The van der Waals surface area contributed by atoms with Crippen LogP contribution in [0.15, 0.2) is 18.2 Å². The van der Waals surface area contributed by atoms with Crippen LogP contribution in [0, 0.1) is 24.0 Å². The molecule has 0 fully saturated rings. The van der Waals surface area contributed by atoms with Gasteiger partial charge in [0.1, 0.15) is 0 Å². The number of hydrogen-bond donors (Lipinski definition) is 1. The molecule has 0 aliphatic rings. The number of terminal acetylenes is 1. The van der Waals surface area contributed by atoms with Gasteiger partial charge in [0.2, 0.25) is 0 Å². The second-order valence-corrected chi connectivity index (χ2v) is 3.58. The SMILES string of the molecule is C#CCC(Cc1cccc(F)c1F)NCC. The maximum Gasteiger partial charge on any atom is 0.162 e. The number of nitrogens with one attached hydrogen (secondary N) is 1. The van der Waals surface area contributed by atoms with Gasteiger partial charge in [0.05, 0.1) is 0 Å². The predicted molar refractivity (Wildman–Crippen MR) is 61.0 cm³/mol. The Bertz CT molecular complexity index is 382. The van der Waals surface area contributed by atoms with Crippen LogP contribution in [-0.4, -0.2) is 12.6 Å². The Morgan fingerprint density at radius 3 is 2.81 bits per heavy atom. The summed E-state index contributed by atoms with van der Waals surface area (Å²) in [5, 5.41) is 3.15. The van der Waals surface area contributed by atoms with Crippen molar-refractivity contribution in [3.8, 4) is 12.3 Å². The van der Waals surface area contributed by atoms with Gasteiger partial charge in [0.15, 0.2) is 11.6 Å². The van der Waals surface area contributed by atoms with Crippen LogP contribution in [0.1, 0.15) is 18.9 Å². The van der Waals surface area contributed by atoms with E-state index in [2.05, 4.69) is 11.2 Å². The van der Waals surface area contributed by atoms with Crippen LogP contribution in [-0.2, 0) is 6.42 Å². The summed E-state index contributed by atoms with van der Waals surface area (Å²) < 4.78 is 26.4. The highest BCUT2D eigenvalue weighted by Gasteiger charge is 2.12. The molecular weight excluding hydrogens is 208 g/mol. The molecule has 1 aromatic rings. The zero-order valence-electron chi connectivity index (χ0n) is 9.26. The quantitative estimate of drug-likeness (QED) is 0.756. The topological polar surface area (TPSA) is 12.0 Å². The Kier molecular flexibility index (Phi) is 4.94. The van der Waals surface area contributed by atoms with Gasteiger partial charge in [-0.25, -0.2) is 8.78 Å². The fourth-order valence-electron chi connectivity index (χ4n) is 1.62. The first-order chi connectivity index (χ1) is 7.69. The molecule has 0 aromatic heterocycles. The summed E-state index contributed by atoms with van der Waals surface area (Å²) in [5.74, 6) is 0.941. The molecule has 0 spiro atoms. The second kappa shape index (κ2) is 6.24. The monoisotopic (exact) mass is 223 g/mol. The third kappa shape index (κ3) is 3.32. The molecule has 0 bridgehead atoms. The molecule has 1 rings (SSSR count). The van der Waals surface area contributed by atoms with Crippen molar-refractivity contribution >= 4 is 0 Å². The van der Waals surface area contributed by atoms with E-state index in [1.807, 2.05) is 6.92 Å². The zero-order valence-corrected chi connectivity index (χ0v) is 9.26. The normalized spacial score (nSPS) is 12.1. The first-order valence-electron chi connectivity index (χ1n) is 5.28. The van der Waals surface area contributed by atoms with Crippen molar-refractivity contribution in [2.75, 3.05) is 6.54 Å². The summed E-state index contributed by atoms with van der Waals surface area (Å²) in [5.41, 5.74) is 0.362. The lowest BCUT2D eigenvalue weighted by Gasteiger charge is -2.15. The predicted octanol–water partition coefficient (Wildman–Crippen LogP) is 2.51. The summed E-state index contributed by atoms with van der Waals surface area (Å²) >= 11 is 0. The van der Waals surface area contributed by atoms with Gasteiger partial charge in [-0.3, -0.25) is 0 Å².